The second-order valence-electron chi connectivity index (χ2n) is 5.34. The Labute approximate surface area is 121 Å². The van der Waals surface area contributed by atoms with E-state index in [2.05, 4.69) is 24.5 Å². The van der Waals surface area contributed by atoms with Crippen LogP contribution in [0.25, 0.3) is 0 Å². The van der Waals surface area contributed by atoms with E-state index in [0.717, 1.165) is 24.3 Å². The molecule has 0 aliphatic rings. The Morgan fingerprint density at radius 1 is 1.35 bits per heavy atom. The average Bonchev–Trinajstić information content (AvgIpc) is 2.44. The molecule has 0 fully saturated rings. The highest BCUT2D eigenvalue weighted by Gasteiger charge is 2.02. The molecule has 0 saturated carbocycles. The fourth-order valence-electron chi connectivity index (χ4n) is 1.72. The van der Waals surface area contributed by atoms with E-state index in [4.69, 9.17) is 4.74 Å². The Kier molecular flexibility index (Phi) is 7.73. The van der Waals surface area contributed by atoms with Gasteiger partial charge < -0.3 is 15.4 Å². The lowest BCUT2D eigenvalue weighted by molar-refractivity contribution is -0.121. The molecule has 112 valence electrons. The molecular formula is C16H26N2O2. The predicted octanol–water partition coefficient (Wildman–Crippen LogP) is 2.34. The predicted molar refractivity (Wildman–Crippen MR) is 81.8 cm³/mol. The van der Waals surface area contributed by atoms with Crippen LogP contribution >= 0.6 is 0 Å². The van der Waals surface area contributed by atoms with Crippen molar-refractivity contribution < 1.29 is 9.53 Å². The quantitative estimate of drug-likeness (QED) is 0.682. The van der Waals surface area contributed by atoms with Gasteiger partial charge in [-0.05, 0) is 43.6 Å². The van der Waals surface area contributed by atoms with Gasteiger partial charge in [0, 0.05) is 13.0 Å². The lowest BCUT2D eigenvalue weighted by Crippen LogP contribution is -2.23. The zero-order valence-corrected chi connectivity index (χ0v) is 12.7. The number of amides is 1. The summed E-state index contributed by atoms with van der Waals surface area (Å²) in [5.41, 5.74) is 1.06. The van der Waals surface area contributed by atoms with Crippen LogP contribution in [0.15, 0.2) is 24.3 Å². The minimum atomic E-state index is 0.0914. The highest BCUT2D eigenvalue weighted by atomic mass is 16.5. The smallest absolute Gasteiger partial charge is 0.220 e. The van der Waals surface area contributed by atoms with E-state index in [9.17, 15) is 4.79 Å². The Morgan fingerprint density at radius 2 is 2.15 bits per heavy atom. The SMILES string of the molecule is CNCCCC(=O)NCc1cccc(OCC(C)C)c1. The molecule has 0 bridgehead atoms. The fourth-order valence-corrected chi connectivity index (χ4v) is 1.72. The molecule has 20 heavy (non-hydrogen) atoms. The number of hydrogen-bond acceptors (Lipinski definition) is 3. The number of carbonyl (C=O) groups is 1. The van der Waals surface area contributed by atoms with E-state index in [1.807, 2.05) is 31.3 Å². The van der Waals surface area contributed by atoms with Crippen LogP contribution in [-0.4, -0.2) is 26.1 Å². The summed E-state index contributed by atoms with van der Waals surface area (Å²) < 4.78 is 5.67. The first-order chi connectivity index (χ1) is 9.61. The number of nitrogens with one attached hydrogen (secondary N) is 2. The molecule has 1 amide bonds. The second kappa shape index (κ2) is 9.37. The molecule has 4 nitrogen and oxygen atoms in total. The van der Waals surface area contributed by atoms with Gasteiger partial charge in [0.2, 0.25) is 5.91 Å². The normalized spacial score (nSPS) is 10.6. The third kappa shape index (κ3) is 7.14. The molecular weight excluding hydrogens is 252 g/mol. The zero-order valence-electron chi connectivity index (χ0n) is 12.7. The lowest BCUT2D eigenvalue weighted by atomic mass is 10.2. The molecule has 1 aromatic rings. The first-order valence-corrected chi connectivity index (χ1v) is 7.25. The summed E-state index contributed by atoms with van der Waals surface area (Å²) in [6.45, 7) is 6.37. The molecule has 0 radical (unpaired) electrons. The molecule has 0 unspecified atom stereocenters. The second-order valence-corrected chi connectivity index (χ2v) is 5.34. The van der Waals surface area contributed by atoms with Crippen molar-refractivity contribution in [1.29, 1.82) is 0 Å². The van der Waals surface area contributed by atoms with Crippen molar-refractivity contribution in [1.82, 2.24) is 10.6 Å². The first-order valence-electron chi connectivity index (χ1n) is 7.25. The summed E-state index contributed by atoms with van der Waals surface area (Å²) in [7, 11) is 1.89. The minimum absolute atomic E-state index is 0.0914. The lowest BCUT2D eigenvalue weighted by Gasteiger charge is -2.10. The van der Waals surface area contributed by atoms with E-state index in [-0.39, 0.29) is 5.91 Å². The van der Waals surface area contributed by atoms with Gasteiger partial charge in [-0.2, -0.15) is 0 Å². The van der Waals surface area contributed by atoms with Crippen molar-refractivity contribution in [3.8, 4) is 5.75 Å². The highest BCUT2D eigenvalue weighted by molar-refractivity contribution is 5.75. The molecule has 0 spiro atoms. The topological polar surface area (TPSA) is 50.4 Å². The van der Waals surface area contributed by atoms with Crippen LogP contribution in [0.3, 0.4) is 0 Å². The van der Waals surface area contributed by atoms with E-state index in [0.29, 0.717) is 25.5 Å². The third-order valence-electron chi connectivity index (χ3n) is 2.80. The van der Waals surface area contributed by atoms with Gasteiger partial charge in [-0.1, -0.05) is 26.0 Å². The van der Waals surface area contributed by atoms with Crippen molar-refractivity contribution in [2.45, 2.75) is 33.2 Å². The van der Waals surface area contributed by atoms with Gasteiger partial charge in [-0.25, -0.2) is 0 Å². The van der Waals surface area contributed by atoms with Crippen molar-refractivity contribution in [2.24, 2.45) is 5.92 Å². The summed E-state index contributed by atoms with van der Waals surface area (Å²) in [6.07, 6.45) is 1.42. The summed E-state index contributed by atoms with van der Waals surface area (Å²) in [5, 5.41) is 5.96. The van der Waals surface area contributed by atoms with Crippen molar-refractivity contribution in [3.05, 3.63) is 29.8 Å². The molecule has 0 heterocycles. The van der Waals surface area contributed by atoms with Crippen LogP contribution in [0.2, 0.25) is 0 Å². The first kappa shape index (κ1) is 16.5. The highest BCUT2D eigenvalue weighted by Crippen LogP contribution is 2.14. The zero-order chi connectivity index (χ0) is 14.8. The number of benzene rings is 1. The molecule has 0 atom stereocenters. The Hall–Kier alpha value is -1.55. The number of hydrogen-bond donors (Lipinski definition) is 2. The molecule has 0 saturated heterocycles. The van der Waals surface area contributed by atoms with Gasteiger partial charge in [0.1, 0.15) is 5.75 Å². The summed E-state index contributed by atoms with van der Waals surface area (Å²) in [5.74, 6) is 1.46. The van der Waals surface area contributed by atoms with Crippen LogP contribution in [-0.2, 0) is 11.3 Å². The molecule has 0 aromatic heterocycles. The number of carbonyl (C=O) groups excluding carboxylic acids is 1. The van der Waals surface area contributed by atoms with Crippen LogP contribution in [0.4, 0.5) is 0 Å². The largest absolute Gasteiger partial charge is 0.493 e. The summed E-state index contributed by atoms with van der Waals surface area (Å²) >= 11 is 0. The summed E-state index contributed by atoms with van der Waals surface area (Å²) in [4.78, 5) is 11.6. The van der Waals surface area contributed by atoms with Gasteiger partial charge in [0.25, 0.3) is 0 Å². The van der Waals surface area contributed by atoms with Crippen LogP contribution in [0.1, 0.15) is 32.3 Å². The van der Waals surface area contributed by atoms with E-state index in [1.54, 1.807) is 0 Å². The van der Waals surface area contributed by atoms with Gasteiger partial charge in [-0.3, -0.25) is 4.79 Å². The van der Waals surface area contributed by atoms with Gasteiger partial charge in [0.05, 0.1) is 6.61 Å². The fraction of sp³-hybridized carbons (Fsp3) is 0.562. The minimum Gasteiger partial charge on any atom is -0.493 e. The molecule has 1 aromatic carbocycles. The monoisotopic (exact) mass is 278 g/mol. The van der Waals surface area contributed by atoms with Crippen molar-refractivity contribution >= 4 is 5.91 Å². The van der Waals surface area contributed by atoms with Gasteiger partial charge in [0.15, 0.2) is 0 Å². The number of rotatable bonds is 9. The third-order valence-corrected chi connectivity index (χ3v) is 2.80. The Bertz CT molecular complexity index is 405. The van der Waals surface area contributed by atoms with Crippen molar-refractivity contribution in [3.63, 3.8) is 0 Å². The summed E-state index contributed by atoms with van der Waals surface area (Å²) in [6, 6.07) is 7.88. The molecule has 0 aliphatic heterocycles. The number of ether oxygens (including phenoxy) is 1. The van der Waals surface area contributed by atoms with Crippen LogP contribution in [0.5, 0.6) is 5.75 Å². The van der Waals surface area contributed by atoms with E-state index < -0.39 is 0 Å². The molecule has 4 heteroatoms. The Morgan fingerprint density at radius 3 is 2.85 bits per heavy atom. The van der Waals surface area contributed by atoms with E-state index >= 15 is 0 Å². The molecule has 0 aliphatic carbocycles. The average molecular weight is 278 g/mol. The maximum Gasteiger partial charge on any atom is 0.220 e. The molecule has 2 N–H and O–H groups in total. The van der Waals surface area contributed by atoms with Crippen LogP contribution in [0, 0.1) is 5.92 Å². The maximum absolute atomic E-state index is 11.6. The van der Waals surface area contributed by atoms with Gasteiger partial charge in [-0.15, -0.1) is 0 Å². The van der Waals surface area contributed by atoms with Crippen LogP contribution < -0.4 is 15.4 Å². The molecule has 1 rings (SSSR count). The van der Waals surface area contributed by atoms with E-state index in [1.165, 1.54) is 0 Å². The maximum atomic E-state index is 11.6. The standard InChI is InChI=1S/C16H26N2O2/c1-13(2)12-20-15-7-4-6-14(10-15)11-18-16(19)8-5-9-17-3/h4,6-7,10,13,17H,5,8-9,11-12H2,1-3H3,(H,18,19). The van der Waals surface area contributed by atoms with Gasteiger partial charge >= 0.3 is 0 Å². The Balaban J connectivity index is 2.36. The van der Waals surface area contributed by atoms with Crippen molar-refractivity contribution in [2.75, 3.05) is 20.2 Å².